The number of hydrogen-bond acceptors (Lipinski definition) is 3. The summed E-state index contributed by atoms with van der Waals surface area (Å²) in [5.74, 6) is 0.476. The molecule has 0 saturated heterocycles. The first-order valence-corrected chi connectivity index (χ1v) is 6.79. The molecule has 3 aromatic rings. The van der Waals surface area contributed by atoms with E-state index in [1.165, 1.54) is 6.07 Å². The van der Waals surface area contributed by atoms with Gasteiger partial charge in [-0.1, -0.05) is 18.2 Å². The number of halogens is 1. The molecule has 108 valence electrons. The molecule has 0 bridgehead atoms. The van der Waals surface area contributed by atoms with Crippen molar-refractivity contribution in [1.82, 2.24) is 9.97 Å². The van der Waals surface area contributed by atoms with Crippen molar-refractivity contribution in [2.24, 2.45) is 0 Å². The fourth-order valence-corrected chi connectivity index (χ4v) is 2.39. The van der Waals surface area contributed by atoms with Crippen molar-refractivity contribution in [2.75, 3.05) is 17.7 Å². The lowest BCUT2D eigenvalue weighted by Gasteiger charge is -2.25. The maximum absolute atomic E-state index is 13.9. The van der Waals surface area contributed by atoms with Crippen molar-refractivity contribution in [3.8, 4) is 0 Å². The number of H-pyrrole nitrogens is 1. The predicted molar refractivity (Wildman–Crippen MR) is 83.7 cm³/mol. The Hall–Kier alpha value is -2.56. The van der Waals surface area contributed by atoms with E-state index in [0.717, 1.165) is 11.0 Å². The van der Waals surface area contributed by atoms with E-state index in [4.69, 9.17) is 5.73 Å². The Bertz CT molecular complexity index is 781. The summed E-state index contributed by atoms with van der Waals surface area (Å²) in [4.78, 5) is 9.65. The van der Waals surface area contributed by atoms with Crippen molar-refractivity contribution < 1.29 is 4.39 Å². The Labute approximate surface area is 122 Å². The molecule has 1 heterocycles. The van der Waals surface area contributed by atoms with E-state index in [1.807, 2.05) is 43.1 Å². The average Bonchev–Trinajstić information content (AvgIpc) is 2.89. The van der Waals surface area contributed by atoms with Gasteiger partial charge in [0.1, 0.15) is 5.82 Å². The highest BCUT2D eigenvalue weighted by Crippen LogP contribution is 2.27. The average molecular weight is 284 g/mol. The molecule has 1 aromatic heterocycles. The van der Waals surface area contributed by atoms with E-state index >= 15 is 0 Å². The second-order valence-corrected chi connectivity index (χ2v) is 5.15. The monoisotopic (exact) mass is 284 g/mol. The Morgan fingerprint density at radius 3 is 2.76 bits per heavy atom. The molecule has 0 amide bonds. The SMILES string of the molecule is CC(c1ccccc1F)N(C)c1nc2ccc(N)cc2[nH]1. The summed E-state index contributed by atoms with van der Waals surface area (Å²) in [5.41, 5.74) is 8.80. The summed E-state index contributed by atoms with van der Waals surface area (Å²) < 4.78 is 13.9. The van der Waals surface area contributed by atoms with Crippen molar-refractivity contribution in [3.05, 3.63) is 53.8 Å². The number of rotatable bonds is 3. The minimum Gasteiger partial charge on any atom is -0.399 e. The number of anilines is 2. The summed E-state index contributed by atoms with van der Waals surface area (Å²) >= 11 is 0. The molecule has 0 aliphatic carbocycles. The van der Waals surface area contributed by atoms with E-state index in [1.54, 1.807) is 12.1 Å². The van der Waals surface area contributed by atoms with Gasteiger partial charge in [-0.15, -0.1) is 0 Å². The molecule has 0 radical (unpaired) electrons. The zero-order valence-corrected chi connectivity index (χ0v) is 12.0. The van der Waals surface area contributed by atoms with Gasteiger partial charge in [0.05, 0.1) is 17.1 Å². The van der Waals surface area contributed by atoms with Crippen LogP contribution in [0.1, 0.15) is 18.5 Å². The Morgan fingerprint density at radius 2 is 2.00 bits per heavy atom. The number of aromatic amines is 1. The van der Waals surface area contributed by atoms with Gasteiger partial charge in [-0.05, 0) is 31.2 Å². The van der Waals surface area contributed by atoms with Crippen LogP contribution in [-0.2, 0) is 0 Å². The van der Waals surface area contributed by atoms with E-state index < -0.39 is 0 Å². The van der Waals surface area contributed by atoms with Crippen LogP contribution in [0.3, 0.4) is 0 Å². The number of hydrogen-bond donors (Lipinski definition) is 2. The van der Waals surface area contributed by atoms with Crippen LogP contribution in [0.5, 0.6) is 0 Å². The van der Waals surface area contributed by atoms with Gasteiger partial charge in [0.15, 0.2) is 0 Å². The fraction of sp³-hybridized carbons (Fsp3) is 0.188. The number of nitrogens with two attached hydrogens (primary N) is 1. The van der Waals surface area contributed by atoms with Crippen molar-refractivity contribution >= 4 is 22.7 Å². The van der Waals surface area contributed by atoms with Crippen molar-refractivity contribution in [3.63, 3.8) is 0 Å². The third kappa shape index (κ3) is 2.42. The summed E-state index contributed by atoms with van der Waals surface area (Å²) in [6.45, 7) is 1.94. The van der Waals surface area contributed by atoms with E-state index in [-0.39, 0.29) is 11.9 Å². The number of nitrogens with one attached hydrogen (secondary N) is 1. The van der Waals surface area contributed by atoms with E-state index in [2.05, 4.69) is 9.97 Å². The maximum atomic E-state index is 13.9. The molecule has 21 heavy (non-hydrogen) atoms. The molecule has 3 rings (SSSR count). The van der Waals surface area contributed by atoms with Crippen LogP contribution in [0, 0.1) is 5.82 Å². The quantitative estimate of drug-likeness (QED) is 0.724. The first-order valence-electron chi connectivity index (χ1n) is 6.79. The van der Waals surface area contributed by atoms with Gasteiger partial charge in [-0.3, -0.25) is 0 Å². The molecule has 0 fully saturated rings. The first kappa shape index (κ1) is 13.4. The van der Waals surface area contributed by atoms with E-state index in [9.17, 15) is 4.39 Å². The number of nitrogen functional groups attached to an aromatic ring is 1. The normalized spacial score (nSPS) is 12.5. The van der Waals surface area contributed by atoms with Gasteiger partial charge in [-0.2, -0.15) is 0 Å². The summed E-state index contributed by atoms with van der Waals surface area (Å²) in [6.07, 6.45) is 0. The zero-order chi connectivity index (χ0) is 15.0. The molecule has 0 spiro atoms. The van der Waals surface area contributed by atoms with Gasteiger partial charge >= 0.3 is 0 Å². The van der Waals surface area contributed by atoms with Gasteiger partial charge in [0, 0.05) is 18.3 Å². The van der Waals surface area contributed by atoms with Crippen LogP contribution in [0.25, 0.3) is 11.0 Å². The van der Waals surface area contributed by atoms with Crippen molar-refractivity contribution in [2.45, 2.75) is 13.0 Å². The van der Waals surface area contributed by atoms with Crippen LogP contribution in [0.15, 0.2) is 42.5 Å². The number of aromatic nitrogens is 2. The lowest BCUT2D eigenvalue weighted by Crippen LogP contribution is -2.23. The zero-order valence-electron chi connectivity index (χ0n) is 12.0. The highest BCUT2D eigenvalue weighted by molar-refractivity contribution is 5.80. The number of benzene rings is 2. The molecular weight excluding hydrogens is 267 g/mol. The van der Waals surface area contributed by atoms with Crippen LogP contribution in [-0.4, -0.2) is 17.0 Å². The topological polar surface area (TPSA) is 57.9 Å². The summed E-state index contributed by atoms with van der Waals surface area (Å²) in [6, 6.07) is 12.2. The Morgan fingerprint density at radius 1 is 1.24 bits per heavy atom. The number of nitrogens with zero attached hydrogens (tertiary/aromatic N) is 2. The fourth-order valence-electron chi connectivity index (χ4n) is 2.39. The largest absolute Gasteiger partial charge is 0.399 e. The Balaban J connectivity index is 1.96. The van der Waals surface area contributed by atoms with Crippen LogP contribution in [0.4, 0.5) is 16.0 Å². The number of fused-ring (bicyclic) bond motifs is 1. The van der Waals surface area contributed by atoms with Gasteiger partial charge in [-0.25, -0.2) is 9.37 Å². The Kier molecular flexibility index (Phi) is 3.25. The van der Waals surface area contributed by atoms with E-state index in [0.29, 0.717) is 17.2 Å². The lowest BCUT2D eigenvalue weighted by atomic mass is 10.1. The molecule has 1 atom stereocenters. The van der Waals surface area contributed by atoms with Crippen LogP contribution >= 0.6 is 0 Å². The second kappa shape index (κ2) is 5.09. The molecule has 0 aliphatic rings. The first-order chi connectivity index (χ1) is 10.1. The van der Waals surface area contributed by atoms with Crippen LogP contribution < -0.4 is 10.6 Å². The molecule has 5 heteroatoms. The molecule has 2 aromatic carbocycles. The minimum absolute atomic E-state index is 0.135. The van der Waals surface area contributed by atoms with Crippen LogP contribution in [0.2, 0.25) is 0 Å². The summed E-state index contributed by atoms with van der Waals surface area (Å²) in [7, 11) is 1.89. The molecule has 1 unspecified atom stereocenters. The minimum atomic E-state index is -0.211. The lowest BCUT2D eigenvalue weighted by molar-refractivity contribution is 0.583. The van der Waals surface area contributed by atoms with Gasteiger partial charge in [0.25, 0.3) is 0 Å². The van der Waals surface area contributed by atoms with Gasteiger partial charge < -0.3 is 15.6 Å². The third-order valence-electron chi connectivity index (χ3n) is 3.76. The molecule has 0 saturated carbocycles. The smallest absolute Gasteiger partial charge is 0.204 e. The third-order valence-corrected chi connectivity index (χ3v) is 3.76. The van der Waals surface area contributed by atoms with Gasteiger partial charge in [0.2, 0.25) is 5.95 Å². The maximum Gasteiger partial charge on any atom is 0.204 e. The highest BCUT2D eigenvalue weighted by Gasteiger charge is 2.18. The standard InChI is InChI=1S/C16H17FN4/c1-10(12-5-3-4-6-13(12)17)21(2)16-19-14-8-7-11(18)9-15(14)20-16/h3-10H,18H2,1-2H3,(H,19,20). The molecular formula is C16H17FN4. The molecule has 4 nitrogen and oxygen atoms in total. The molecule has 3 N–H and O–H groups in total. The highest BCUT2D eigenvalue weighted by atomic mass is 19.1. The summed E-state index contributed by atoms with van der Waals surface area (Å²) in [5, 5.41) is 0. The second-order valence-electron chi connectivity index (χ2n) is 5.15. The molecule has 0 aliphatic heterocycles. The van der Waals surface area contributed by atoms with Crippen molar-refractivity contribution in [1.29, 1.82) is 0 Å². The predicted octanol–water partition coefficient (Wildman–Crippen LogP) is 3.48. The number of imidazole rings is 1.